The fourth-order valence-electron chi connectivity index (χ4n) is 4.83. The molecule has 3 heterocycles. The van der Waals surface area contributed by atoms with Crippen LogP contribution in [0.5, 0.6) is 5.75 Å². The Morgan fingerprint density at radius 2 is 1.96 bits per heavy atom. The van der Waals surface area contributed by atoms with E-state index in [1.54, 1.807) is 0 Å². The van der Waals surface area contributed by atoms with Crippen molar-refractivity contribution in [1.29, 1.82) is 0 Å². The second-order valence-corrected chi connectivity index (χ2v) is 10.6. The highest BCUT2D eigenvalue weighted by molar-refractivity contribution is 7.91. The lowest BCUT2D eigenvalue weighted by Gasteiger charge is -2.34. The van der Waals surface area contributed by atoms with Crippen molar-refractivity contribution in [3.8, 4) is 5.75 Å². The minimum atomic E-state index is -2.86. The summed E-state index contributed by atoms with van der Waals surface area (Å²) in [6, 6.07) is 6.96. The molecule has 1 saturated heterocycles. The van der Waals surface area contributed by atoms with Crippen molar-refractivity contribution < 1.29 is 13.2 Å². The zero-order chi connectivity index (χ0) is 19.1. The van der Waals surface area contributed by atoms with Crippen LogP contribution in [0.1, 0.15) is 36.8 Å². The standard InChI is InChI=1S/C21H27N3O3S/c25-28(26)10-8-23(9-11-28)13-16-12-17-14-24(18-4-1-2-5-18)15-27-21(17)20-19(16)6-3-7-22-20/h3,6-7,12,18H,1-2,4-5,8-11,13-15H2. The lowest BCUT2D eigenvalue weighted by molar-refractivity contribution is 0.0589. The van der Waals surface area contributed by atoms with Crippen LogP contribution in [0.25, 0.3) is 10.9 Å². The maximum Gasteiger partial charge on any atom is 0.152 e. The van der Waals surface area contributed by atoms with Crippen LogP contribution in [0, 0.1) is 0 Å². The van der Waals surface area contributed by atoms with Gasteiger partial charge in [0.1, 0.15) is 12.2 Å². The highest BCUT2D eigenvalue weighted by Gasteiger charge is 2.29. The number of sulfone groups is 1. The predicted molar refractivity (Wildman–Crippen MR) is 109 cm³/mol. The number of hydrogen-bond acceptors (Lipinski definition) is 6. The highest BCUT2D eigenvalue weighted by Crippen LogP contribution is 2.37. The third-order valence-electron chi connectivity index (χ3n) is 6.43. The van der Waals surface area contributed by atoms with Crippen molar-refractivity contribution in [3.63, 3.8) is 0 Å². The van der Waals surface area contributed by atoms with Gasteiger partial charge in [0.2, 0.25) is 0 Å². The molecule has 0 unspecified atom stereocenters. The first kappa shape index (κ1) is 18.3. The Balaban J connectivity index is 1.46. The van der Waals surface area contributed by atoms with Crippen LogP contribution in [0.3, 0.4) is 0 Å². The van der Waals surface area contributed by atoms with Gasteiger partial charge in [-0.25, -0.2) is 8.42 Å². The number of benzene rings is 1. The van der Waals surface area contributed by atoms with Crippen LogP contribution in [0.15, 0.2) is 24.4 Å². The quantitative estimate of drug-likeness (QED) is 0.788. The van der Waals surface area contributed by atoms with Crippen molar-refractivity contribution in [3.05, 3.63) is 35.5 Å². The molecule has 7 heteroatoms. The molecule has 2 aliphatic heterocycles. The van der Waals surface area contributed by atoms with E-state index in [0.29, 0.717) is 25.9 Å². The number of fused-ring (bicyclic) bond motifs is 3. The molecule has 28 heavy (non-hydrogen) atoms. The molecular weight excluding hydrogens is 374 g/mol. The third kappa shape index (κ3) is 3.51. The molecule has 0 radical (unpaired) electrons. The van der Waals surface area contributed by atoms with Crippen LogP contribution in [0.4, 0.5) is 0 Å². The van der Waals surface area contributed by atoms with E-state index in [1.807, 2.05) is 12.3 Å². The molecule has 150 valence electrons. The summed E-state index contributed by atoms with van der Waals surface area (Å²) in [5.74, 6) is 1.44. The summed E-state index contributed by atoms with van der Waals surface area (Å²) < 4.78 is 29.7. The number of aromatic nitrogens is 1. The molecule has 1 aromatic heterocycles. The average molecular weight is 402 g/mol. The number of pyridine rings is 1. The third-order valence-corrected chi connectivity index (χ3v) is 8.04. The molecule has 2 fully saturated rings. The molecule has 0 bridgehead atoms. The zero-order valence-corrected chi connectivity index (χ0v) is 17.0. The van der Waals surface area contributed by atoms with Crippen molar-refractivity contribution in [2.75, 3.05) is 31.3 Å². The van der Waals surface area contributed by atoms with E-state index in [1.165, 1.54) is 36.8 Å². The largest absolute Gasteiger partial charge is 0.475 e. The lowest BCUT2D eigenvalue weighted by Crippen LogP contribution is -2.40. The Labute approximate surface area is 166 Å². The van der Waals surface area contributed by atoms with Gasteiger partial charge < -0.3 is 4.74 Å². The monoisotopic (exact) mass is 401 g/mol. The van der Waals surface area contributed by atoms with Crippen LogP contribution >= 0.6 is 0 Å². The summed E-state index contributed by atoms with van der Waals surface area (Å²) in [5.41, 5.74) is 3.37. The summed E-state index contributed by atoms with van der Waals surface area (Å²) in [7, 11) is -2.86. The normalized spacial score (nSPS) is 23.6. The molecule has 5 rings (SSSR count). The summed E-state index contributed by atoms with van der Waals surface area (Å²) >= 11 is 0. The van der Waals surface area contributed by atoms with Crippen LogP contribution in [0.2, 0.25) is 0 Å². The van der Waals surface area contributed by atoms with Crippen LogP contribution in [-0.2, 0) is 22.9 Å². The van der Waals surface area contributed by atoms with E-state index < -0.39 is 9.84 Å². The van der Waals surface area contributed by atoms with E-state index in [9.17, 15) is 8.42 Å². The van der Waals surface area contributed by atoms with Gasteiger partial charge in [-0.1, -0.05) is 18.9 Å². The van der Waals surface area contributed by atoms with Gasteiger partial charge >= 0.3 is 0 Å². The lowest BCUT2D eigenvalue weighted by atomic mass is 10.0. The van der Waals surface area contributed by atoms with E-state index in [2.05, 4.69) is 26.9 Å². The van der Waals surface area contributed by atoms with Gasteiger partial charge in [0.25, 0.3) is 0 Å². The fourth-order valence-corrected chi connectivity index (χ4v) is 6.10. The molecule has 1 saturated carbocycles. The summed E-state index contributed by atoms with van der Waals surface area (Å²) in [6.07, 6.45) is 6.98. The Hall–Kier alpha value is -1.70. The van der Waals surface area contributed by atoms with Crippen LogP contribution in [-0.4, -0.2) is 60.6 Å². The Kier molecular flexibility index (Phi) is 4.77. The topological polar surface area (TPSA) is 62.7 Å². The van der Waals surface area contributed by atoms with Crippen molar-refractivity contribution >= 4 is 20.7 Å². The number of nitrogens with zero attached hydrogens (tertiary/aromatic N) is 3. The first-order chi connectivity index (χ1) is 13.6. The molecule has 1 aliphatic carbocycles. The van der Waals surface area contributed by atoms with Gasteiger partial charge in [0, 0.05) is 49.4 Å². The number of rotatable bonds is 3. The van der Waals surface area contributed by atoms with Crippen molar-refractivity contribution in [1.82, 2.24) is 14.8 Å². The van der Waals surface area contributed by atoms with Gasteiger partial charge in [0.05, 0.1) is 11.5 Å². The smallest absolute Gasteiger partial charge is 0.152 e. The Morgan fingerprint density at radius 1 is 1.18 bits per heavy atom. The summed E-state index contributed by atoms with van der Waals surface area (Å²) in [6.45, 7) is 3.52. The summed E-state index contributed by atoms with van der Waals surface area (Å²) in [4.78, 5) is 9.34. The molecular formula is C21H27N3O3S. The van der Waals surface area contributed by atoms with E-state index in [0.717, 1.165) is 29.7 Å². The van der Waals surface area contributed by atoms with Gasteiger partial charge in [0.15, 0.2) is 15.6 Å². The van der Waals surface area contributed by atoms with Gasteiger partial charge in [-0.2, -0.15) is 0 Å². The molecule has 6 nitrogen and oxygen atoms in total. The Bertz CT molecular complexity index is 972. The molecule has 0 amide bonds. The predicted octanol–water partition coefficient (Wildman–Crippen LogP) is 2.56. The number of hydrogen-bond donors (Lipinski definition) is 0. The average Bonchev–Trinajstić information content (AvgIpc) is 3.24. The van der Waals surface area contributed by atoms with Crippen molar-refractivity contribution in [2.45, 2.75) is 44.8 Å². The second-order valence-electron chi connectivity index (χ2n) is 8.31. The van der Waals surface area contributed by atoms with E-state index in [4.69, 9.17) is 4.74 Å². The number of ether oxygens (including phenoxy) is 1. The molecule has 0 spiro atoms. The maximum absolute atomic E-state index is 11.8. The first-order valence-electron chi connectivity index (χ1n) is 10.3. The molecule has 2 aromatic rings. The molecule has 1 aromatic carbocycles. The zero-order valence-electron chi connectivity index (χ0n) is 16.1. The van der Waals surface area contributed by atoms with Gasteiger partial charge in [-0.3, -0.25) is 14.8 Å². The van der Waals surface area contributed by atoms with Gasteiger partial charge in [-0.15, -0.1) is 0 Å². The van der Waals surface area contributed by atoms with Crippen molar-refractivity contribution in [2.24, 2.45) is 0 Å². The molecule has 3 aliphatic rings. The summed E-state index contributed by atoms with van der Waals surface area (Å²) in [5, 5.41) is 1.11. The first-order valence-corrected chi connectivity index (χ1v) is 12.1. The SMILES string of the molecule is O=S1(=O)CCN(Cc2cc3c(c4ncccc24)OCN(C2CCCC2)C3)CC1. The van der Waals surface area contributed by atoms with Gasteiger partial charge in [-0.05, 0) is 30.5 Å². The molecule has 0 N–H and O–H groups in total. The fraction of sp³-hybridized carbons (Fsp3) is 0.571. The van der Waals surface area contributed by atoms with E-state index in [-0.39, 0.29) is 11.5 Å². The second kappa shape index (κ2) is 7.28. The minimum absolute atomic E-state index is 0.257. The minimum Gasteiger partial charge on any atom is -0.475 e. The van der Waals surface area contributed by atoms with E-state index >= 15 is 0 Å². The molecule has 0 atom stereocenters. The maximum atomic E-state index is 11.8. The Morgan fingerprint density at radius 3 is 2.75 bits per heavy atom. The highest BCUT2D eigenvalue weighted by atomic mass is 32.2. The van der Waals surface area contributed by atoms with Crippen LogP contribution < -0.4 is 4.74 Å².